The van der Waals surface area contributed by atoms with E-state index in [-0.39, 0.29) is 23.8 Å². The molecule has 3 aromatic rings. The van der Waals surface area contributed by atoms with Crippen molar-refractivity contribution >= 4 is 5.91 Å². The Morgan fingerprint density at radius 3 is 2.04 bits per heavy atom. The normalized spacial score (nSPS) is 21.4. The third-order valence-electron chi connectivity index (χ3n) is 5.90. The Bertz CT molecular complexity index is 985. The zero-order valence-electron chi connectivity index (χ0n) is 15.0. The molecular weight excluding hydrogens is 339 g/mol. The number of hydrogen-bond donors (Lipinski definition) is 1. The van der Waals surface area contributed by atoms with E-state index in [1.54, 1.807) is 12.1 Å². The van der Waals surface area contributed by atoms with Crippen LogP contribution in [0.25, 0.3) is 11.1 Å². The van der Waals surface area contributed by atoms with Crippen molar-refractivity contribution in [2.45, 2.75) is 18.5 Å². The van der Waals surface area contributed by atoms with Crippen LogP contribution in [-0.2, 0) is 4.79 Å². The van der Waals surface area contributed by atoms with Gasteiger partial charge in [-0.1, -0.05) is 60.7 Å². The maximum atomic E-state index is 13.4. The van der Waals surface area contributed by atoms with Gasteiger partial charge in [-0.2, -0.15) is 5.01 Å². The van der Waals surface area contributed by atoms with Crippen molar-refractivity contribution in [1.29, 1.82) is 0 Å². The molecule has 1 aliphatic carbocycles. The molecule has 1 amide bonds. The Balaban J connectivity index is 1.67. The molecule has 1 heterocycles. The third kappa shape index (κ3) is 2.41. The molecule has 2 aliphatic rings. The van der Waals surface area contributed by atoms with Gasteiger partial charge in [0.05, 0.1) is 13.5 Å². The average Bonchev–Trinajstić information content (AvgIpc) is 3.17. The van der Waals surface area contributed by atoms with Crippen molar-refractivity contribution in [3.05, 3.63) is 95.3 Å². The van der Waals surface area contributed by atoms with E-state index in [1.807, 2.05) is 12.1 Å². The van der Waals surface area contributed by atoms with Gasteiger partial charge in [-0.3, -0.25) is 4.79 Å². The zero-order valence-corrected chi connectivity index (χ0v) is 15.0. The van der Waals surface area contributed by atoms with Gasteiger partial charge in [0, 0.05) is 16.7 Å². The smallest absolute Gasteiger partial charge is 0.269 e. The Hall–Kier alpha value is -2.98. The van der Waals surface area contributed by atoms with E-state index in [0.29, 0.717) is 6.42 Å². The summed E-state index contributed by atoms with van der Waals surface area (Å²) >= 11 is 0. The van der Waals surface area contributed by atoms with Crippen LogP contribution in [0.15, 0.2) is 72.8 Å². The quantitative estimate of drug-likeness (QED) is 0.746. The molecule has 1 N–H and O–H groups in total. The van der Waals surface area contributed by atoms with E-state index in [2.05, 4.69) is 48.5 Å². The van der Waals surface area contributed by atoms with Crippen LogP contribution in [0.1, 0.15) is 35.2 Å². The van der Waals surface area contributed by atoms with Crippen LogP contribution >= 0.6 is 0 Å². The molecule has 0 saturated carbocycles. The van der Waals surface area contributed by atoms with Crippen LogP contribution in [0, 0.1) is 5.82 Å². The number of hydrogen-bond acceptors (Lipinski definition) is 1. The molecule has 1 fully saturated rings. The lowest BCUT2D eigenvalue weighted by Gasteiger charge is -2.32. The van der Waals surface area contributed by atoms with Crippen molar-refractivity contribution in [3.63, 3.8) is 0 Å². The molecule has 27 heavy (non-hydrogen) atoms. The predicted molar refractivity (Wildman–Crippen MR) is 101 cm³/mol. The van der Waals surface area contributed by atoms with Gasteiger partial charge in [-0.25, -0.2) is 9.40 Å². The maximum Gasteiger partial charge on any atom is 0.273 e. The Morgan fingerprint density at radius 2 is 1.44 bits per heavy atom. The van der Waals surface area contributed by atoms with Crippen molar-refractivity contribution in [1.82, 2.24) is 5.01 Å². The van der Waals surface area contributed by atoms with E-state index in [0.717, 1.165) is 10.6 Å². The summed E-state index contributed by atoms with van der Waals surface area (Å²) in [5.74, 6) is -0.143. The fraction of sp³-hybridized carbons (Fsp3) is 0.174. The zero-order chi connectivity index (χ0) is 18.5. The van der Waals surface area contributed by atoms with Gasteiger partial charge in [0.1, 0.15) is 11.9 Å². The topological polar surface area (TPSA) is 24.8 Å². The first-order valence-electron chi connectivity index (χ1n) is 9.22. The lowest BCUT2D eigenvalue weighted by molar-refractivity contribution is -1.04. The van der Waals surface area contributed by atoms with Gasteiger partial charge >= 0.3 is 0 Å². The first-order valence-corrected chi connectivity index (χ1v) is 9.22. The highest BCUT2D eigenvalue weighted by Gasteiger charge is 2.49. The summed E-state index contributed by atoms with van der Waals surface area (Å²) in [6, 6.07) is 23.4. The number of carbonyl (C=O) groups excluding carboxylic acids is 1. The number of nitrogens with zero attached hydrogens (tertiary/aromatic N) is 1. The van der Waals surface area contributed by atoms with Crippen LogP contribution in [0.4, 0.5) is 4.39 Å². The first-order chi connectivity index (χ1) is 13.1. The fourth-order valence-corrected chi connectivity index (χ4v) is 4.65. The summed E-state index contributed by atoms with van der Waals surface area (Å²) in [5.41, 5.74) is 5.93. The molecule has 1 aliphatic heterocycles. The molecule has 4 heteroatoms. The largest absolute Gasteiger partial charge is 0.273 e. The van der Waals surface area contributed by atoms with E-state index >= 15 is 0 Å². The van der Waals surface area contributed by atoms with Crippen LogP contribution in [0.2, 0.25) is 0 Å². The van der Waals surface area contributed by atoms with Gasteiger partial charge in [-0.05, 0) is 23.3 Å². The van der Waals surface area contributed by atoms with Crippen LogP contribution in [0.5, 0.6) is 0 Å². The second kappa shape index (κ2) is 6.03. The minimum absolute atomic E-state index is 0.0349. The molecule has 0 radical (unpaired) electrons. The number of fused-ring (bicyclic) bond motifs is 3. The van der Waals surface area contributed by atoms with Crippen molar-refractivity contribution in [3.8, 4) is 11.1 Å². The lowest BCUT2D eigenvalue weighted by Crippen LogP contribution is -3.16. The van der Waals surface area contributed by atoms with Gasteiger partial charge < -0.3 is 0 Å². The van der Waals surface area contributed by atoms with E-state index < -0.39 is 0 Å². The van der Waals surface area contributed by atoms with Gasteiger partial charge in [-0.15, -0.1) is 0 Å². The standard InChI is InChI=1S/C23H19FN2O/c1-25-22(27)14-21(15-10-12-16(24)13-11-15)26(25)23-19-8-4-2-6-17(19)18-7-3-5-9-20(18)23/h2-13,21,23H,14H2,1H3/p+1. The minimum Gasteiger partial charge on any atom is -0.269 e. The highest BCUT2D eigenvalue weighted by Crippen LogP contribution is 2.43. The number of amides is 1. The molecule has 5 rings (SSSR count). The first kappa shape index (κ1) is 16.2. The molecule has 3 nitrogen and oxygen atoms in total. The number of rotatable bonds is 2. The fourth-order valence-electron chi connectivity index (χ4n) is 4.65. The summed E-state index contributed by atoms with van der Waals surface area (Å²) in [7, 11) is 1.87. The van der Waals surface area contributed by atoms with Crippen LogP contribution in [0.3, 0.4) is 0 Å². The molecular formula is C23H20FN2O+. The van der Waals surface area contributed by atoms with Crippen LogP contribution < -0.4 is 5.01 Å². The number of nitrogens with one attached hydrogen (secondary N) is 1. The number of benzene rings is 3. The van der Waals surface area contributed by atoms with E-state index in [1.165, 1.54) is 34.4 Å². The van der Waals surface area contributed by atoms with Gasteiger partial charge in [0.25, 0.3) is 5.91 Å². The minimum atomic E-state index is -0.255. The second-order valence-electron chi connectivity index (χ2n) is 7.29. The average molecular weight is 359 g/mol. The predicted octanol–water partition coefficient (Wildman–Crippen LogP) is 3.30. The molecule has 0 spiro atoms. The highest BCUT2D eigenvalue weighted by molar-refractivity contribution is 5.79. The summed E-state index contributed by atoms with van der Waals surface area (Å²) in [4.78, 5) is 12.6. The number of carbonyl (C=O) groups is 1. The lowest BCUT2D eigenvalue weighted by atomic mass is 9.99. The monoisotopic (exact) mass is 359 g/mol. The van der Waals surface area contributed by atoms with E-state index in [4.69, 9.17) is 0 Å². The summed E-state index contributed by atoms with van der Waals surface area (Å²) in [6.45, 7) is 0. The van der Waals surface area contributed by atoms with Crippen molar-refractivity contribution < 1.29 is 14.2 Å². The van der Waals surface area contributed by atoms with Gasteiger partial charge in [0.15, 0.2) is 6.04 Å². The molecule has 3 aromatic carbocycles. The second-order valence-corrected chi connectivity index (χ2v) is 7.29. The Kier molecular flexibility index (Phi) is 3.62. The third-order valence-corrected chi connectivity index (χ3v) is 5.90. The Labute approximate surface area is 157 Å². The molecule has 0 bridgehead atoms. The number of quaternary nitrogens is 1. The summed E-state index contributed by atoms with van der Waals surface area (Å²) < 4.78 is 13.4. The van der Waals surface area contributed by atoms with Crippen LogP contribution in [-0.4, -0.2) is 18.0 Å². The van der Waals surface area contributed by atoms with Gasteiger partial charge in [0.2, 0.25) is 0 Å². The molecule has 1 saturated heterocycles. The number of halogens is 1. The molecule has 2 atom stereocenters. The highest BCUT2D eigenvalue weighted by atomic mass is 19.1. The van der Waals surface area contributed by atoms with Crippen molar-refractivity contribution in [2.75, 3.05) is 7.05 Å². The maximum absolute atomic E-state index is 13.4. The van der Waals surface area contributed by atoms with Crippen molar-refractivity contribution in [2.24, 2.45) is 0 Å². The van der Waals surface area contributed by atoms with E-state index in [9.17, 15) is 9.18 Å². The molecule has 2 unspecified atom stereocenters. The molecule has 0 aromatic heterocycles. The molecule has 134 valence electrons. The summed E-state index contributed by atoms with van der Waals surface area (Å²) in [6.07, 6.45) is 0.429. The summed E-state index contributed by atoms with van der Waals surface area (Å²) in [5, 5.41) is 2.90. The SMILES string of the molecule is CN1C(=O)CC(c2ccc(F)cc2)[NH+]1C1c2ccccc2-c2ccccc21. The Morgan fingerprint density at radius 1 is 0.889 bits per heavy atom.